The van der Waals surface area contributed by atoms with E-state index in [1.807, 2.05) is 0 Å². The fourth-order valence-corrected chi connectivity index (χ4v) is 3.66. The van der Waals surface area contributed by atoms with Crippen LogP contribution in [0.1, 0.15) is 53.4 Å². The third kappa shape index (κ3) is 3.14. The number of piperidine rings is 1. The highest BCUT2D eigenvalue weighted by molar-refractivity contribution is 5.03. The lowest BCUT2D eigenvalue weighted by molar-refractivity contribution is -0.116. The minimum Gasteiger partial charge on any atom is -0.378 e. The second-order valence-corrected chi connectivity index (χ2v) is 7.07. The van der Waals surface area contributed by atoms with Crippen molar-refractivity contribution in [2.24, 2.45) is 10.8 Å². The molecule has 0 aromatic heterocycles. The van der Waals surface area contributed by atoms with Crippen LogP contribution in [0, 0.1) is 10.8 Å². The molecule has 3 nitrogen and oxygen atoms in total. The monoisotopic (exact) mass is 268 g/mol. The van der Waals surface area contributed by atoms with Crippen LogP contribution in [0.15, 0.2) is 0 Å². The molecule has 2 rings (SSSR count). The van der Waals surface area contributed by atoms with Gasteiger partial charge in [0.25, 0.3) is 0 Å². The summed E-state index contributed by atoms with van der Waals surface area (Å²) >= 11 is 0. The van der Waals surface area contributed by atoms with E-state index in [0.717, 1.165) is 13.2 Å². The first-order valence-corrected chi connectivity index (χ1v) is 8.10. The van der Waals surface area contributed by atoms with Crippen molar-refractivity contribution < 1.29 is 4.74 Å². The molecule has 2 N–H and O–H groups in total. The summed E-state index contributed by atoms with van der Waals surface area (Å²) in [6.07, 6.45) is 5.58. The Morgan fingerprint density at radius 1 is 1.32 bits per heavy atom. The number of nitrogens with one attached hydrogen (secondary N) is 2. The molecule has 1 saturated heterocycles. The highest BCUT2D eigenvalue weighted by Crippen LogP contribution is 2.43. The first-order chi connectivity index (χ1) is 9.04. The molecule has 0 aromatic rings. The van der Waals surface area contributed by atoms with Gasteiger partial charge in [-0.25, -0.2) is 0 Å². The number of rotatable bonds is 6. The van der Waals surface area contributed by atoms with Crippen molar-refractivity contribution in [3.63, 3.8) is 0 Å². The summed E-state index contributed by atoms with van der Waals surface area (Å²) in [5.41, 5.74) is 0.762. The molecule has 0 bridgehead atoms. The third-order valence-corrected chi connectivity index (χ3v) is 5.58. The number of hydrogen-bond donors (Lipinski definition) is 2. The number of ether oxygens (including phenoxy) is 1. The third-order valence-electron chi connectivity index (χ3n) is 5.58. The van der Waals surface area contributed by atoms with Gasteiger partial charge in [-0.15, -0.1) is 0 Å². The van der Waals surface area contributed by atoms with E-state index in [-0.39, 0.29) is 5.41 Å². The van der Waals surface area contributed by atoms with Crippen molar-refractivity contribution in [3.05, 3.63) is 0 Å². The van der Waals surface area contributed by atoms with Crippen LogP contribution in [0.2, 0.25) is 0 Å². The van der Waals surface area contributed by atoms with Crippen LogP contribution in [0.3, 0.4) is 0 Å². The van der Waals surface area contributed by atoms with Gasteiger partial charge < -0.3 is 15.4 Å². The zero-order valence-electron chi connectivity index (χ0n) is 13.2. The summed E-state index contributed by atoms with van der Waals surface area (Å²) in [6, 6.07) is 0.620. The molecule has 0 spiro atoms. The van der Waals surface area contributed by atoms with E-state index in [9.17, 15) is 0 Å². The Hall–Kier alpha value is -0.120. The Bertz CT molecular complexity index is 284. The summed E-state index contributed by atoms with van der Waals surface area (Å²) < 4.78 is 5.81. The maximum Gasteiger partial charge on any atom is 0.0655 e. The van der Waals surface area contributed by atoms with Crippen molar-refractivity contribution in [2.45, 2.75) is 65.5 Å². The molecule has 0 amide bonds. The van der Waals surface area contributed by atoms with Gasteiger partial charge >= 0.3 is 0 Å². The highest BCUT2D eigenvalue weighted by Gasteiger charge is 2.49. The molecule has 1 heterocycles. The maximum atomic E-state index is 5.81. The normalized spacial score (nSPS) is 37.9. The van der Waals surface area contributed by atoms with Crippen LogP contribution >= 0.6 is 0 Å². The van der Waals surface area contributed by atoms with Gasteiger partial charge in [0, 0.05) is 31.2 Å². The van der Waals surface area contributed by atoms with Crippen LogP contribution in [-0.4, -0.2) is 38.4 Å². The van der Waals surface area contributed by atoms with Gasteiger partial charge in [-0.3, -0.25) is 0 Å². The highest BCUT2D eigenvalue weighted by atomic mass is 16.5. The molecule has 1 aliphatic heterocycles. The van der Waals surface area contributed by atoms with Gasteiger partial charge in [0.05, 0.1) is 6.10 Å². The van der Waals surface area contributed by atoms with Crippen molar-refractivity contribution in [1.82, 2.24) is 10.6 Å². The lowest BCUT2D eigenvalue weighted by Crippen LogP contribution is -2.62. The molecule has 112 valence electrons. The topological polar surface area (TPSA) is 33.3 Å². The maximum absolute atomic E-state index is 5.81. The van der Waals surface area contributed by atoms with Crippen LogP contribution in [-0.2, 0) is 4.74 Å². The van der Waals surface area contributed by atoms with E-state index >= 15 is 0 Å². The van der Waals surface area contributed by atoms with Gasteiger partial charge in [0.15, 0.2) is 0 Å². The SMILES string of the molecule is CCOC1CC(NCC2(CC)CCCNC2)C1(C)C. The molecule has 1 aliphatic carbocycles. The second-order valence-electron chi connectivity index (χ2n) is 7.07. The molecule has 2 fully saturated rings. The fourth-order valence-electron chi connectivity index (χ4n) is 3.66. The van der Waals surface area contributed by atoms with Crippen molar-refractivity contribution in [3.8, 4) is 0 Å². The minimum atomic E-state index is 0.285. The van der Waals surface area contributed by atoms with Gasteiger partial charge in [-0.1, -0.05) is 20.8 Å². The lowest BCUT2D eigenvalue weighted by atomic mass is 9.64. The summed E-state index contributed by atoms with van der Waals surface area (Å²) in [5.74, 6) is 0. The molecule has 19 heavy (non-hydrogen) atoms. The quantitative estimate of drug-likeness (QED) is 0.777. The van der Waals surface area contributed by atoms with Gasteiger partial charge in [0.1, 0.15) is 0 Å². The summed E-state index contributed by atoms with van der Waals surface area (Å²) in [7, 11) is 0. The molecule has 1 saturated carbocycles. The average molecular weight is 268 g/mol. The molecule has 0 radical (unpaired) electrons. The van der Waals surface area contributed by atoms with Crippen LogP contribution in [0.5, 0.6) is 0 Å². The molecule has 3 unspecified atom stereocenters. The Kier molecular flexibility index (Phi) is 4.91. The smallest absolute Gasteiger partial charge is 0.0655 e. The van der Waals surface area contributed by atoms with Crippen LogP contribution < -0.4 is 10.6 Å². The van der Waals surface area contributed by atoms with E-state index in [4.69, 9.17) is 4.74 Å². The Balaban J connectivity index is 1.82. The zero-order valence-corrected chi connectivity index (χ0v) is 13.2. The van der Waals surface area contributed by atoms with E-state index in [1.54, 1.807) is 0 Å². The molecular formula is C16H32N2O. The largest absolute Gasteiger partial charge is 0.378 e. The van der Waals surface area contributed by atoms with Crippen LogP contribution in [0.25, 0.3) is 0 Å². The van der Waals surface area contributed by atoms with E-state index in [2.05, 4.69) is 38.3 Å². The van der Waals surface area contributed by atoms with E-state index < -0.39 is 0 Å². The molecule has 2 aliphatic rings. The Labute approximate surface area is 118 Å². The number of hydrogen-bond acceptors (Lipinski definition) is 3. The molecular weight excluding hydrogens is 236 g/mol. The summed E-state index contributed by atoms with van der Waals surface area (Å²) in [4.78, 5) is 0. The lowest BCUT2D eigenvalue weighted by Gasteiger charge is -2.53. The van der Waals surface area contributed by atoms with E-state index in [0.29, 0.717) is 17.6 Å². The fraction of sp³-hybridized carbons (Fsp3) is 1.00. The van der Waals surface area contributed by atoms with Crippen molar-refractivity contribution in [1.29, 1.82) is 0 Å². The zero-order chi connectivity index (χ0) is 13.9. The van der Waals surface area contributed by atoms with Gasteiger partial charge in [-0.2, -0.15) is 0 Å². The Morgan fingerprint density at radius 3 is 2.63 bits per heavy atom. The van der Waals surface area contributed by atoms with Gasteiger partial charge in [-0.05, 0) is 44.6 Å². The van der Waals surface area contributed by atoms with Crippen LogP contribution in [0.4, 0.5) is 0 Å². The minimum absolute atomic E-state index is 0.285. The predicted octanol–water partition coefficient (Wildman–Crippen LogP) is 2.56. The summed E-state index contributed by atoms with van der Waals surface area (Å²) in [5, 5.41) is 7.41. The standard InChI is InChI=1S/C16H32N2O/c1-5-16(8-7-9-17-11-16)12-18-13-10-14(19-6-2)15(13,3)4/h13-14,17-18H,5-12H2,1-4H3. The molecule has 3 atom stereocenters. The molecule has 0 aromatic carbocycles. The van der Waals surface area contributed by atoms with Crippen molar-refractivity contribution >= 4 is 0 Å². The summed E-state index contributed by atoms with van der Waals surface area (Å²) in [6.45, 7) is 13.5. The first-order valence-electron chi connectivity index (χ1n) is 8.10. The molecule has 3 heteroatoms. The second kappa shape index (κ2) is 6.11. The van der Waals surface area contributed by atoms with Crippen molar-refractivity contribution in [2.75, 3.05) is 26.2 Å². The first kappa shape index (κ1) is 15.3. The van der Waals surface area contributed by atoms with E-state index in [1.165, 1.54) is 38.8 Å². The predicted molar refractivity (Wildman–Crippen MR) is 80.4 cm³/mol. The average Bonchev–Trinajstić information content (AvgIpc) is 2.43. The van der Waals surface area contributed by atoms with Gasteiger partial charge in [0.2, 0.25) is 0 Å². The Morgan fingerprint density at radius 2 is 2.11 bits per heavy atom.